The second-order valence-electron chi connectivity index (χ2n) is 6.14. The first-order chi connectivity index (χ1) is 10.5. The van der Waals surface area contributed by atoms with Crippen LogP contribution in [0.2, 0.25) is 0 Å². The predicted molar refractivity (Wildman–Crippen MR) is 82.6 cm³/mol. The summed E-state index contributed by atoms with van der Waals surface area (Å²) < 4.78 is 34.8. The molecule has 1 aromatic heterocycles. The van der Waals surface area contributed by atoms with Crippen LogP contribution in [0.1, 0.15) is 12.0 Å². The van der Waals surface area contributed by atoms with Crippen molar-refractivity contribution in [2.24, 2.45) is 5.92 Å². The predicted octanol–water partition coefficient (Wildman–Crippen LogP) is 0.726. The van der Waals surface area contributed by atoms with E-state index in [0.717, 1.165) is 5.56 Å². The molecule has 2 aliphatic rings. The molecule has 0 radical (unpaired) electrons. The Morgan fingerprint density at radius 2 is 2.18 bits per heavy atom. The number of nitrogens with zero attached hydrogens (tertiary/aromatic N) is 2. The van der Waals surface area contributed by atoms with Crippen molar-refractivity contribution in [1.82, 2.24) is 9.88 Å². The summed E-state index contributed by atoms with van der Waals surface area (Å²) in [6.45, 7) is 2.32. The van der Waals surface area contributed by atoms with Crippen molar-refractivity contribution in [3.8, 4) is 5.88 Å². The first-order valence-corrected chi connectivity index (χ1v) is 9.09. The summed E-state index contributed by atoms with van der Waals surface area (Å²) in [6.07, 6.45) is 2.40. The van der Waals surface area contributed by atoms with Gasteiger partial charge >= 0.3 is 0 Å². The molecule has 122 valence electrons. The van der Waals surface area contributed by atoms with E-state index >= 15 is 0 Å². The molecule has 3 rings (SSSR count). The molecule has 3 heterocycles. The largest absolute Gasteiger partial charge is 0.481 e. The fourth-order valence-corrected chi connectivity index (χ4v) is 6.15. The Morgan fingerprint density at radius 1 is 1.41 bits per heavy atom. The maximum absolute atomic E-state index is 12.5. The van der Waals surface area contributed by atoms with Gasteiger partial charge in [-0.25, -0.2) is 13.4 Å². The standard InChI is InChI=1S/C15H22N2O4S/c1-20-9-13-5-7-22(18,19)15(13)10-17(11-15)8-12-4-3-6-16-14(12)21-2/h3-4,6,13H,5,7-11H2,1-2H3. The molecule has 2 saturated heterocycles. The minimum absolute atomic E-state index is 0.106. The van der Waals surface area contributed by atoms with Gasteiger partial charge in [0.15, 0.2) is 9.84 Å². The van der Waals surface area contributed by atoms with Crippen LogP contribution in [0.25, 0.3) is 0 Å². The molecule has 0 bridgehead atoms. The maximum Gasteiger partial charge on any atom is 0.217 e. The van der Waals surface area contributed by atoms with E-state index in [0.29, 0.717) is 38.5 Å². The lowest BCUT2D eigenvalue weighted by atomic mass is 9.83. The molecule has 0 saturated carbocycles. The molecule has 1 aromatic rings. The molecule has 1 atom stereocenters. The van der Waals surface area contributed by atoms with Crippen LogP contribution in [-0.4, -0.2) is 62.7 Å². The van der Waals surface area contributed by atoms with E-state index in [-0.39, 0.29) is 11.7 Å². The molecule has 1 unspecified atom stereocenters. The molecular weight excluding hydrogens is 304 g/mol. The zero-order valence-corrected chi connectivity index (χ0v) is 13.8. The molecule has 7 heteroatoms. The molecule has 2 aliphatic heterocycles. The normalized spacial score (nSPS) is 26.0. The quantitative estimate of drug-likeness (QED) is 0.794. The second-order valence-corrected chi connectivity index (χ2v) is 8.59. The monoisotopic (exact) mass is 326 g/mol. The van der Waals surface area contributed by atoms with Crippen LogP contribution in [0.4, 0.5) is 0 Å². The van der Waals surface area contributed by atoms with E-state index in [1.807, 2.05) is 12.1 Å². The summed E-state index contributed by atoms with van der Waals surface area (Å²) in [7, 11) is 0.201. The molecule has 2 fully saturated rings. The fourth-order valence-electron chi connectivity index (χ4n) is 3.70. The molecule has 0 N–H and O–H groups in total. The summed E-state index contributed by atoms with van der Waals surface area (Å²) in [5.74, 6) is 0.992. The van der Waals surface area contributed by atoms with Gasteiger partial charge in [0.1, 0.15) is 4.75 Å². The van der Waals surface area contributed by atoms with Crippen molar-refractivity contribution in [2.45, 2.75) is 17.7 Å². The minimum Gasteiger partial charge on any atom is -0.481 e. The van der Waals surface area contributed by atoms with Gasteiger partial charge in [-0.05, 0) is 12.5 Å². The minimum atomic E-state index is -3.03. The van der Waals surface area contributed by atoms with Crippen LogP contribution in [-0.2, 0) is 21.1 Å². The number of hydrogen-bond acceptors (Lipinski definition) is 6. The average molecular weight is 326 g/mol. The van der Waals surface area contributed by atoms with Gasteiger partial charge in [0.05, 0.1) is 19.5 Å². The maximum atomic E-state index is 12.5. The van der Waals surface area contributed by atoms with Crippen molar-refractivity contribution >= 4 is 9.84 Å². The van der Waals surface area contributed by atoms with E-state index in [2.05, 4.69) is 9.88 Å². The third-order valence-electron chi connectivity index (χ3n) is 4.89. The van der Waals surface area contributed by atoms with Crippen LogP contribution in [0.5, 0.6) is 5.88 Å². The summed E-state index contributed by atoms with van der Waals surface area (Å²) in [4.78, 5) is 6.33. The lowest BCUT2D eigenvalue weighted by Crippen LogP contribution is -2.67. The van der Waals surface area contributed by atoms with Gasteiger partial charge < -0.3 is 9.47 Å². The molecule has 0 aliphatic carbocycles. The Bertz CT molecular complexity index is 641. The highest BCUT2D eigenvalue weighted by atomic mass is 32.2. The average Bonchev–Trinajstić information content (AvgIpc) is 2.72. The fraction of sp³-hybridized carbons (Fsp3) is 0.667. The summed E-state index contributed by atoms with van der Waals surface area (Å²) in [6, 6.07) is 3.83. The summed E-state index contributed by atoms with van der Waals surface area (Å²) in [5.41, 5.74) is 0.985. The Hall–Kier alpha value is -1.18. The third-order valence-corrected chi connectivity index (χ3v) is 7.49. The van der Waals surface area contributed by atoms with Gasteiger partial charge in [-0.3, -0.25) is 4.90 Å². The van der Waals surface area contributed by atoms with E-state index in [9.17, 15) is 8.42 Å². The van der Waals surface area contributed by atoms with Crippen LogP contribution in [0.3, 0.4) is 0 Å². The second kappa shape index (κ2) is 5.79. The number of aromatic nitrogens is 1. The highest BCUT2D eigenvalue weighted by Gasteiger charge is 2.61. The third kappa shape index (κ3) is 2.41. The Balaban J connectivity index is 1.72. The van der Waals surface area contributed by atoms with E-state index in [4.69, 9.17) is 9.47 Å². The van der Waals surface area contributed by atoms with E-state index in [1.54, 1.807) is 20.4 Å². The van der Waals surface area contributed by atoms with Gasteiger partial charge in [-0.1, -0.05) is 6.07 Å². The molecule has 0 aromatic carbocycles. The number of hydrogen-bond donors (Lipinski definition) is 0. The number of sulfone groups is 1. The van der Waals surface area contributed by atoms with Crippen molar-refractivity contribution in [2.75, 3.05) is 39.7 Å². The smallest absolute Gasteiger partial charge is 0.217 e. The molecule has 1 spiro atoms. The van der Waals surface area contributed by atoms with Crippen molar-refractivity contribution < 1.29 is 17.9 Å². The SMILES string of the molecule is COCC1CCS(=O)(=O)C12CN(Cc1cccnc1OC)C2. The Morgan fingerprint density at radius 3 is 2.86 bits per heavy atom. The Labute approximate surface area is 131 Å². The van der Waals surface area contributed by atoms with Crippen molar-refractivity contribution in [3.63, 3.8) is 0 Å². The van der Waals surface area contributed by atoms with Crippen LogP contribution in [0.15, 0.2) is 18.3 Å². The molecule has 0 amide bonds. The van der Waals surface area contributed by atoms with Crippen molar-refractivity contribution in [3.05, 3.63) is 23.9 Å². The number of ether oxygens (including phenoxy) is 2. The summed E-state index contributed by atoms with van der Waals surface area (Å²) in [5, 5.41) is 0. The number of likely N-dealkylation sites (tertiary alicyclic amines) is 1. The zero-order chi connectivity index (χ0) is 15.8. The van der Waals surface area contributed by atoms with Crippen LogP contribution in [0, 0.1) is 5.92 Å². The number of pyridine rings is 1. The highest BCUT2D eigenvalue weighted by Crippen LogP contribution is 2.45. The van der Waals surface area contributed by atoms with Crippen LogP contribution < -0.4 is 4.74 Å². The lowest BCUT2D eigenvalue weighted by molar-refractivity contribution is 0.0406. The molecular formula is C15H22N2O4S. The topological polar surface area (TPSA) is 68.7 Å². The van der Waals surface area contributed by atoms with Gasteiger partial charge in [0.2, 0.25) is 5.88 Å². The first kappa shape index (κ1) is 15.7. The number of methoxy groups -OCH3 is 2. The zero-order valence-electron chi connectivity index (χ0n) is 13.0. The lowest BCUT2D eigenvalue weighted by Gasteiger charge is -2.50. The Kier molecular flexibility index (Phi) is 4.13. The van der Waals surface area contributed by atoms with E-state index < -0.39 is 14.6 Å². The van der Waals surface area contributed by atoms with E-state index in [1.165, 1.54) is 0 Å². The van der Waals surface area contributed by atoms with Crippen molar-refractivity contribution in [1.29, 1.82) is 0 Å². The first-order valence-electron chi connectivity index (χ1n) is 7.44. The van der Waals surface area contributed by atoms with Gasteiger partial charge in [0.25, 0.3) is 0 Å². The van der Waals surface area contributed by atoms with Crippen LogP contribution >= 0.6 is 0 Å². The van der Waals surface area contributed by atoms with Gasteiger partial charge in [0, 0.05) is 44.4 Å². The molecule has 6 nitrogen and oxygen atoms in total. The van der Waals surface area contributed by atoms with Gasteiger partial charge in [-0.15, -0.1) is 0 Å². The highest BCUT2D eigenvalue weighted by molar-refractivity contribution is 7.93. The molecule has 22 heavy (non-hydrogen) atoms. The van der Waals surface area contributed by atoms with Gasteiger partial charge in [-0.2, -0.15) is 0 Å². The summed E-state index contributed by atoms with van der Waals surface area (Å²) >= 11 is 0. The number of rotatable bonds is 5.